The van der Waals surface area contributed by atoms with Crippen molar-refractivity contribution in [3.05, 3.63) is 41.2 Å². The van der Waals surface area contributed by atoms with E-state index in [0.717, 1.165) is 35.8 Å². The number of nitrogens with zero attached hydrogens (tertiary/aromatic N) is 2. The van der Waals surface area contributed by atoms with E-state index in [1.54, 1.807) is 7.11 Å². The first kappa shape index (κ1) is 13.5. The molecule has 0 aliphatic heterocycles. The van der Waals surface area contributed by atoms with Crippen LogP contribution in [-0.2, 0) is 13.1 Å². The first-order chi connectivity index (χ1) is 9.13. The maximum Gasteiger partial charge on any atom is 0.121 e. The highest BCUT2D eigenvalue weighted by molar-refractivity contribution is 5.50. The summed E-state index contributed by atoms with van der Waals surface area (Å²) in [5.74, 6) is 0.917. The van der Waals surface area contributed by atoms with E-state index < -0.39 is 0 Å². The third-order valence-corrected chi connectivity index (χ3v) is 3.15. The molecule has 2 aromatic rings. The van der Waals surface area contributed by atoms with Crippen LogP contribution in [0.1, 0.15) is 23.9 Å². The number of nitrogens with one attached hydrogen (secondary N) is 1. The minimum absolute atomic E-state index is 0.778. The number of aryl methyl sites for hydroxylation is 3. The Labute approximate surface area is 114 Å². The summed E-state index contributed by atoms with van der Waals surface area (Å²) in [4.78, 5) is 0. The van der Waals surface area contributed by atoms with Gasteiger partial charge in [0.15, 0.2) is 0 Å². The van der Waals surface area contributed by atoms with Crippen LogP contribution in [-0.4, -0.2) is 16.9 Å². The molecule has 0 saturated heterocycles. The number of hydrogen-bond acceptors (Lipinski definition) is 3. The zero-order valence-corrected chi connectivity index (χ0v) is 12.0. The molecular formula is C15H21N3O. The molecule has 0 spiro atoms. The third-order valence-electron chi connectivity index (χ3n) is 3.15. The maximum atomic E-state index is 5.26. The van der Waals surface area contributed by atoms with Crippen molar-refractivity contribution in [3.63, 3.8) is 0 Å². The van der Waals surface area contributed by atoms with Gasteiger partial charge in [-0.05, 0) is 50.6 Å². The Morgan fingerprint density at radius 2 is 2.05 bits per heavy atom. The molecule has 2 rings (SSSR count). The smallest absolute Gasteiger partial charge is 0.121 e. The number of rotatable bonds is 5. The number of benzene rings is 1. The minimum Gasteiger partial charge on any atom is -0.496 e. The van der Waals surface area contributed by atoms with Crippen molar-refractivity contribution in [2.24, 2.45) is 0 Å². The zero-order chi connectivity index (χ0) is 13.8. The monoisotopic (exact) mass is 259 g/mol. The van der Waals surface area contributed by atoms with Crippen molar-refractivity contribution < 1.29 is 4.74 Å². The molecule has 1 aromatic carbocycles. The van der Waals surface area contributed by atoms with Crippen molar-refractivity contribution in [1.82, 2.24) is 9.78 Å². The lowest BCUT2D eigenvalue weighted by atomic mass is 10.2. The zero-order valence-electron chi connectivity index (χ0n) is 12.0. The molecule has 102 valence electrons. The number of aromatic nitrogens is 2. The summed E-state index contributed by atoms with van der Waals surface area (Å²) >= 11 is 0. The fourth-order valence-corrected chi connectivity index (χ4v) is 2.20. The number of anilines is 1. The summed E-state index contributed by atoms with van der Waals surface area (Å²) in [6.45, 7) is 7.85. The third kappa shape index (κ3) is 3.08. The van der Waals surface area contributed by atoms with Gasteiger partial charge in [0.25, 0.3) is 0 Å². The van der Waals surface area contributed by atoms with Crippen LogP contribution < -0.4 is 10.1 Å². The molecule has 1 heterocycles. The van der Waals surface area contributed by atoms with Crippen LogP contribution in [0.4, 0.5) is 5.69 Å². The molecule has 4 heteroatoms. The van der Waals surface area contributed by atoms with E-state index in [0.29, 0.717) is 0 Å². The van der Waals surface area contributed by atoms with Gasteiger partial charge in [-0.2, -0.15) is 5.10 Å². The van der Waals surface area contributed by atoms with E-state index in [-0.39, 0.29) is 0 Å². The Morgan fingerprint density at radius 1 is 1.26 bits per heavy atom. The molecule has 0 radical (unpaired) electrons. The first-order valence-corrected chi connectivity index (χ1v) is 6.56. The predicted molar refractivity (Wildman–Crippen MR) is 77.7 cm³/mol. The van der Waals surface area contributed by atoms with Gasteiger partial charge in [-0.3, -0.25) is 4.68 Å². The molecule has 1 aromatic heterocycles. The largest absolute Gasteiger partial charge is 0.496 e. The quantitative estimate of drug-likeness (QED) is 0.896. The summed E-state index contributed by atoms with van der Waals surface area (Å²) in [6, 6.07) is 8.23. The summed E-state index contributed by atoms with van der Waals surface area (Å²) in [5, 5.41) is 7.87. The van der Waals surface area contributed by atoms with E-state index in [1.807, 2.05) is 30.7 Å². The molecular weight excluding hydrogens is 238 g/mol. The predicted octanol–water partition coefficient (Wildman–Crippen LogP) is 3.14. The van der Waals surface area contributed by atoms with Gasteiger partial charge >= 0.3 is 0 Å². The number of hydrogen-bond donors (Lipinski definition) is 1. The highest BCUT2D eigenvalue weighted by Gasteiger charge is 2.04. The van der Waals surface area contributed by atoms with Crippen LogP contribution in [0.2, 0.25) is 0 Å². The Morgan fingerprint density at radius 3 is 2.68 bits per heavy atom. The average Bonchev–Trinajstić information content (AvgIpc) is 2.77. The fourth-order valence-electron chi connectivity index (χ4n) is 2.20. The molecule has 0 unspecified atom stereocenters. The molecule has 0 bridgehead atoms. The summed E-state index contributed by atoms with van der Waals surface area (Å²) in [6.07, 6.45) is 0. The molecule has 0 aliphatic carbocycles. The highest BCUT2D eigenvalue weighted by atomic mass is 16.5. The lowest BCUT2D eigenvalue weighted by molar-refractivity contribution is 0.412. The normalized spacial score (nSPS) is 10.5. The number of ether oxygens (including phenoxy) is 1. The first-order valence-electron chi connectivity index (χ1n) is 6.56. The van der Waals surface area contributed by atoms with Crippen molar-refractivity contribution in [2.45, 2.75) is 33.9 Å². The van der Waals surface area contributed by atoms with E-state index >= 15 is 0 Å². The second-order valence-electron chi connectivity index (χ2n) is 4.63. The Bertz CT molecular complexity index is 561. The van der Waals surface area contributed by atoms with Crippen LogP contribution in [0, 0.1) is 13.8 Å². The van der Waals surface area contributed by atoms with Crippen molar-refractivity contribution in [1.29, 1.82) is 0 Å². The van der Waals surface area contributed by atoms with Gasteiger partial charge < -0.3 is 10.1 Å². The lowest BCUT2D eigenvalue weighted by Crippen LogP contribution is -2.08. The van der Waals surface area contributed by atoms with Gasteiger partial charge in [0.05, 0.1) is 25.0 Å². The molecule has 0 atom stereocenters. The number of methoxy groups -OCH3 is 1. The summed E-state index contributed by atoms with van der Waals surface area (Å²) in [7, 11) is 1.69. The second kappa shape index (κ2) is 5.78. The Hall–Kier alpha value is -1.97. The van der Waals surface area contributed by atoms with Crippen LogP contribution in [0.3, 0.4) is 0 Å². The van der Waals surface area contributed by atoms with Gasteiger partial charge in [-0.25, -0.2) is 0 Å². The molecule has 4 nitrogen and oxygen atoms in total. The SMILES string of the molecule is CCn1nc(C)cc1CNc1ccc(OC)c(C)c1. The Kier molecular flexibility index (Phi) is 4.10. The fraction of sp³-hybridized carbons (Fsp3) is 0.400. The molecule has 19 heavy (non-hydrogen) atoms. The van der Waals surface area contributed by atoms with Crippen molar-refractivity contribution in [2.75, 3.05) is 12.4 Å². The van der Waals surface area contributed by atoms with Crippen LogP contribution in [0.25, 0.3) is 0 Å². The van der Waals surface area contributed by atoms with Crippen LogP contribution in [0.15, 0.2) is 24.3 Å². The average molecular weight is 259 g/mol. The molecule has 0 saturated carbocycles. The molecule has 0 amide bonds. The van der Waals surface area contributed by atoms with Crippen molar-refractivity contribution >= 4 is 5.69 Å². The highest BCUT2D eigenvalue weighted by Crippen LogP contribution is 2.21. The second-order valence-corrected chi connectivity index (χ2v) is 4.63. The lowest BCUT2D eigenvalue weighted by Gasteiger charge is -2.10. The minimum atomic E-state index is 0.778. The molecule has 1 N–H and O–H groups in total. The van der Waals surface area contributed by atoms with Gasteiger partial charge in [-0.15, -0.1) is 0 Å². The van der Waals surface area contributed by atoms with Gasteiger partial charge in [0, 0.05) is 12.2 Å². The topological polar surface area (TPSA) is 39.1 Å². The van der Waals surface area contributed by atoms with Crippen LogP contribution in [0.5, 0.6) is 5.75 Å². The molecule has 0 aliphatic rings. The van der Waals surface area contributed by atoms with Gasteiger partial charge in [0.1, 0.15) is 5.75 Å². The van der Waals surface area contributed by atoms with E-state index in [4.69, 9.17) is 4.74 Å². The summed E-state index contributed by atoms with van der Waals surface area (Å²) < 4.78 is 7.29. The standard InChI is InChI=1S/C15H21N3O/c1-5-18-14(9-12(3)17-18)10-16-13-6-7-15(19-4)11(2)8-13/h6-9,16H,5,10H2,1-4H3. The maximum absolute atomic E-state index is 5.26. The van der Waals surface area contributed by atoms with E-state index in [2.05, 4.69) is 29.5 Å². The van der Waals surface area contributed by atoms with E-state index in [9.17, 15) is 0 Å². The van der Waals surface area contributed by atoms with Crippen LogP contribution >= 0.6 is 0 Å². The molecule has 0 fully saturated rings. The van der Waals surface area contributed by atoms with E-state index in [1.165, 1.54) is 5.69 Å². The summed E-state index contributed by atoms with van der Waals surface area (Å²) in [5.41, 5.74) is 4.49. The van der Waals surface area contributed by atoms with Gasteiger partial charge in [-0.1, -0.05) is 0 Å². The van der Waals surface area contributed by atoms with Crippen molar-refractivity contribution in [3.8, 4) is 5.75 Å². The van der Waals surface area contributed by atoms with Gasteiger partial charge in [0.2, 0.25) is 0 Å². The Balaban J connectivity index is 2.07.